The third-order valence-electron chi connectivity index (χ3n) is 3.02. The molecule has 2 atom stereocenters. The summed E-state index contributed by atoms with van der Waals surface area (Å²) in [6.07, 6.45) is -0.348. The quantitative estimate of drug-likeness (QED) is 0.609. The summed E-state index contributed by atoms with van der Waals surface area (Å²) in [6, 6.07) is 16.6. The van der Waals surface area contributed by atoms with Crippen LogP contribution in [0.4, 0.5) is 0 Å². The second-order valence-electron chi connectivity index (χ2n) is 5.46. The van der Waals surface area contributed by atoms with Crippen molar-refractivity contribution >= 4 is 11.9 Å². The lowest BCUT2D eigenvalue weighted by atomic mass is 10.2. The fraction of sp³-hybridized carbons (Fsp3) is 0.300. The summed E-state index contributed by atoms with van der Waals surface area (Å²) in [5, 5.41) is 33.7. The SMILES string of the molecule is CC(CO)OC(C)CO.O=C(O)c1ccccc1.O=C(O)c1ccccc1. The number of carboxylic acids is 2. The lowest BCUT2D eigenvalue weighted by Gasteiger charge is -2.14. The monoisotopic (exact) mass is 378 g/mol. The largest absolute Gasteiger partial charge is 0.478 e. The van der Waals surface area contributed by atoms with Crippen LogP contribution < -0.4 is 0 Å². The molecule has 7 heteroatoms. The van der Waals surface area contributed by atoms with E-state index in [0.717, 1.165) is 0 Å². The van der Waals surface area contributed by atoms with Crippen LogP contribution in [-0.4, -0.2) is 57.8 Å². The maximum Gasteiger partial charge on any atom is 0.335 e. The molecule has 7 nitrogen and oxygen atoms in total. The first-order valence-corrected chi connectivity index (χ1v) is 8.25. The van der Waals surface area contributed by atoms with E-state index in [2.05, 4.69) is 0 Å². The highest BCUT2D eigenvalue weighted by molar-refractivity contribution is 5.87. The summed E-state index contributed by atoms with van der Waals surface area (Å²) < 4.78 is 5.05. The van der Waals surface area contributed by atoms with E-state index in [-0.39, 0.29) is 25.4 Å². The minimum Gasteiger partial charge on any atom is -0.478 e. The van der Waals surface area contributed by atoms with E-state index in [1.54, 1.807) is 74.5 Å². The lowest BCUT2D eigenvalue weighted by molar-refractivity contribution is -0.0424. The smallest absolute Gasteiger partial charge is 0.335 e. The Labute approximate surface area is 158 Å². The van der Waals surface area contributed by atoms with Gasteiger partial charge in [0.25, 0.3) is 0 Å². The van der Waals surface area contributed by atoms with Crippen molar-refractivity contribution in [3.63, 3.8) is 0 Å². The van der Waals surface area contributed by atoms with Gasteiger partial charge in [-0.3, -0.25) is 0 Å². The van der Waals surface area contributed by atoms with Crippen LogP contribution in [0.3, 0.4) is 0 Å². The molecule has 2 aromatic rings. The summed E-state index contributed by atoms with van der Waals surface area (Å²) >= 11 is 0. The Bertz CT molecular complexity index is 586. The normalized spacial score (nSPS) is 11.7. The maximum absolute atomic E-state index is 10.2. The molecule has 0 fully saturated rings. The Morgan fingerprint density at radius 2 is 1.04 bits per heavy atom. The van der Waals surface area contributed by atoms with Gasteiger partial charge in [-0.15, -0.1) is 0 Å². The third kappa shape index (κ3) is 12.3. The molecular formula is C20H26O7. The number of rotatable bonds is 6. The second-order valence-corrected chi connectivity index (χ2v) is 5.46. The van der Waals surface area contributed by atoms with Crippen LogP contribution in [0.5, 0.6) is 0 Å². The van der Waals surface area contributed by atoms with Crippen molar-refractivity contribution in [2.45, 2.75) is 26.1 Å². The van der Waals surface area contributed by atoms with Gasteiger partial charge in [-0.1, -0.05) is 36.4 Å². The van der Waals surface area contributed by atoms with Gasteiger partial charge in [0.1, 0.15) is 0 Å². The van der Waals surface area contributed by atoms with Crippen molar-refractivity contribution in [1.82, 2.24) is 0 Å². The van der Waals surface area contributed by atoms with E-state index in [4.69, 9.17) is 25.2 Å². The van der Waals surface area contributed by atoms with Crippen LogP contribution >= 0.6 is 0 Å². The zero-order valence-electron chi connectivity index (χ0n) is 15.4. The Kier molecular flexibility index (Phi) is 13.0. The van der Waals surface area contributed by atoms with Crippen LogP contribution in [0, 0.1) is 0 Å². The van der Waals surface area contributed by atoms with E-state index in [9.17, 15) is 9.59 Å². The van der Waals surface area contributed by atoms with Crippen LogP contribution in [-0.2, 0) is 4.74 Å². The van der Waals surface area contributed by atoms with Crippen molar-refractivity contribution < 1.29 is 34.8 Å². The summed E-state index contributed by atoms with van der Waals surface area (Å²) in [6.45, 7) is 3.52. The molecule has 0 saturated heterocycles. The van der Waals surface area contributed by atoms with Gasteiger partial charge in [0, 0.05) is 0 Å². The van der Waals surface area contributed by atoms with Gasteiger partial charge in [-0.2, -0.15) is 0 Å². The predicted octanol–water partition coefficient (Wildman–Crippen LogP) is 2.53. The molecule has 148 valence electrons. The molecule has 0 aliphatic carbocycles. The first-order valence-electron chi connectivity index (χ1n) is 8.25. The Hall–Kier alpha value is -2.74. The number of ether oxygens (including phenoxy) is 1. The van der Waals surface area contributed by atoms with E-state index < -0.39 is 11.9 Å². The van der Waals surface area contributed by atoms with Gasteiger partial charge in [-0.25, -0.2) is 9.59 Å². The van der Waals surface area contributed by atoms with Crippen molar-refractivity contribution in [1.29, 1.82) is 0 Å². The van der Waals surface area contributed by atoms with Gasteiger partial charge in [0.2, 0.25) is 0 Å². The summed E-state index contributed by atoms with van der Waals surface area (Å²) in [4.78, 5) is 20.4. The van der Waals surface area contributed by atoms with Crippen molar-refractivity contribution in [3.8, 4) is 0 Å². The summed E-state index contributed by atoms with van der Waals surface area (Å²) in [7, 11) is 0. The molecule has 2 rings (SSSR count). The van der Waals surface area contributed by atoms with Gasteiger partial charge >= 0.3 is 11.9 Å². The van der Waals surface area contributed by atoms with Crippen molar-refractivity contribution in [2.24, 2.45) is 0 Å². The molecule has 0 saturated carbocycles. The van der Waals surface area contributed by atoms with Crippen LogP contribution in [0.25, 0.3) is 0 Å². The number of aliphatic hydroxyl groups is 2. The molecular weight excluding hydrogens is 352 g/mol. The number of aromatic carboxylic acids is 2. The van der Waals surface area contributed by atoms with Crippen LogP contribution in [0.1, 0.15) is 34.6 Å². The van der Waals surface area contributed by atoms with Gasteiger partial charge in [0.05, 0.1) is 36.5 Å². The molecule has 0 aliphatic rings. The lowest BCUT2D eigenvalue weighted by Crippen LogP contribution is -2.22. The highest BCUT2D eigenvalue weighted by Crippen LogP contribution is 1.97. The number of aliphatic hydroxyl groups excluding tert-OH is 2. The molecule has 4 N–H and O–H groups in total. The Balaban J connectivity index is 0.000000376. The van der Waals surface area contributed by atoms with Crippen molar-refractivity contribution in [2.75, 3.05) is 13.2 Å². The minimum absolute atomic E-state index is 0.00431. The number of carbonyl (C=O) groups is 2. The zero-order chi connectivity index (χ0) is 20.7. The minimum atomic E-state index is -0.879. The molecule has 0 amide bonds. The summed E-state index contributed by atoms with van der Waals surface area (Å²) in [5.41, 5.74) is 0.662. The van der Waals surface area contributed by atoms with Gasteiger partial charge in [-0.05, 0) is 38.1 Å². The van der Waals surface area contributed by atoms with E-state index in [1.165, 1.54) is 0 Å². The number of carboxylic acid groups (broad SMARTS) is 2. The number of hydrogen-bond acceptors (Lipinski definition) is 5. The van der Waals surface area contributed by atoms with Crippen molar-refractivity contribution in [3.05, 3.63) is 71.8 Å². The molecule has 0 bridgehead atoms. The first-order chi connectivity index (χ1) is 12.8. The van der Waals surface area contributed by atoms with Gasteiger partial charge in [0.15, 0.2) is 0 Å². The maximum atomic E-state index is 10.2. The highest BCUT2D eigenvalue weighted by atomic mass is 16.5. The topological polar surface area (TPSA) is 124 Å². The van der Waals surface area contributed by atoms with Crippen LogP contribution in [0.2, 0.25) is 0 Å². The molecule has 0 aliphatic heterocycles. The molecule has 0 heterocycles. The second kappa shape index (κ2) is 14.4. The molecule has 27 heavy (non-hydrogen) atoms. The molecule has 0 radical (unpaired) electrons. The zero-order valence-corrected chi connectivity index (χ0v) is 15.4. The van der Waals surface area contributed by atoms with E-state index in [1.807, 2.05) is 0 Å². The fourth-order valence-electron chi connectivity index (χ4n) is 1.64. The van der Waals surface area contributed by atoms with E-state index in [0.29, 0.717) is 11.1 Å². The third-order valence-corrected chi connectivity index (χ3v) is 3.02. The molecule has 0 spiro atoms. The Morgan fingerprint density at radius 3 is 1.22 bits per heavy atom. The van der Waals surface area contributed by atoms with E-state index >= 15 is 0 Å². The van der Waals surface area contributed by atoms with Crippen LogP contribution in [0.15, 0.2) is 60.7 Å². The highest BCUT2D eigenvalue weighted by Gasteiger charge is 2.04. The average molecular weight is 378 g/mol. The molecule has 0 aromatic heterocycles. The fourth-order valence-corrected chi connectivity index (χ4v) is 1.64. The standard InChI is InChI=1S/2C7H6O2.C6H14O3/c2*8-7(9)6-4-2-1-3-5-6;1-5(3-7)9-6(2)4-8/h2*1-5H,(H,8,9);5-8H,3-4H2,1-2H3. The molecule has 2 aromatic carbocycles. The predicted molar refractivity (Wildman–Crippen MR) is 101 cm³/mol. The number of benzene rings is 2. The summed E-state index contributed by atoms with van der Waals surface area (Å²) in [5.74, 6) is -1.76. The molecule has 2 unspecified atom stereocenters. The Morgan fingerprint density at radius 1 is 0.741 bits per heavy atom. The number of hydrogen-bond donors (Lipinski definition) is 4. The first kappa shape index (κ1) is 24.3. The average Bonchev–Trinajstić information content (AvgIpc) is 2.70. The van der Waals surface area contributed by atoms with Gasteiger partial charge < -0.3 is 25.2 Å².